The van der Waals surface area contributed by atoms with Gasteiger partial charge in [-0.3, -0.25) is 20.2 Å². The molecule has 0 radical (unpaired) electrons. The highest BCUT2D eigenvalue weighted by Gasteiger charge is 2.37. The van der Waals surface area contributed by atoms with Crippen molar-refractivity contribution < 1.29 is 14.2 Å². The van der Waals surface area contributed by atoms with Gasteiger partial charge in [-0.1, -0.05) is 34.8 Å². The maximum atomic E-state index is 13.3. The van der Waals surface area contributed by atoms with E-state index in [1.54, 1.807) is 0 Å². The molecule has 1 aromatic carbocycles. The molecule has 86 valence electrons. The van der Waals surface area contributed by atoms with Crippen LogP contribution in [0.5, 0.6) is 0 Å². The Bertz CT molecular complexity index is 462. The highest BCUT2D eigenvalue weighted by molar-refractivity contribution is 6.49. The van der Waals surface area contributed by atoms with E-state index in [0.29, 0.717) is 0 Å². The van der Waals surface area contributed by atoms with Crippen LogP contribution in [0.15, 0.2) is 0 Å². The zero-order chi connectivity index (χ0) is 12.6. The van der Waals surface area contributed by atoms with Crippen molar-refractivity contribution in [3.8, 4) is 0 Å². The van der Waals surface area contributed by atoms with Crippen LogP contribution in [0.4, 0.5) is 15.8 Å². The molecule has 10 heteroatoms. The minimum Gasteiger partial charge on any atom is -0.258 e. The van der Waals surface area contributed by atoms with Crippen LogP contribution in [-0.4, -0.2) is 9.85 Å². The third-order valence-electron chi connectivity index (χ3n) is 1.58. The highest BCUT2D eigenvalue weighted by atomic mass is 35.5. The summed E-state index contributed by atoms with van der Waals surface area (Å²) in [4.78, 5) is 18.5. The first-order valence-corrected chi connectivity index (χ1v) is 4.57. The smallest absolute Gasteiger partial charge is 0.258 e. The van der Waals surface area contributed by atoms with Crippen molar-refractivity contribution in [3.05, 3.63) is 41.1 Å². The quantitative estimate of drug-likeness (QED) is 0.360. The van der Waals surface area contributed by atoms with Crippen molar-refractivity contribution in [2.75, 3.05) is 0 Å². The molecule has 0 fully saturated rings. The van der Waals surface area contributed by atoms with Gasteiger partial charge in [-0.15, -0.1) is 0 Å². The highest BCUT2D eigenvalue weighted by Crippen LogP contribution is 2.45. The minimum atomic E-state index is -1.59. The van der Waals surface area contributed by atoms with Crippen LogP contribution in [0.25, 0.3) is 0 Å². The monoisotopic (exact) mass is 288 g/mol. The van der Waals surface area contributed by atoms with E-state index in [2.05, 4.69) is 0 Å². The van der Waals surface area contributed by atoms with Crippen LogP contribution < -0.4 is 0 Å². The molecule has 1 rings (SSSR count). The zero-order valence-electron chi connectivity index (χ0n) is 7.04. The fourth-order valence-electron chi connectivity index (χ4n) is 0.942. The predicted octanol–water partition coefficient (Wildman–Crippen LogP) is 3.60. The minimum absolute atomic E-state index is 0.641. The van der Waals surface area contributed by atoms with Gasteiger partial charge in [0, 0.05) is 0 Å². The first kappa shape index (κ1) is 12.9. The number of nitrogens with zero attached hydrogens (tertiary/aromatic N) is 2. The number of hydrogen-bond acceptors (Lipinski definition) is 4. The average Bonchev–Trinajstić information content (AvgIpc) is 2.18. The van der Waals surface area contributed by atoms with Crippen molar-refractivity contribution in [2.24, 2.45) is 0 Å². The van der Waals surface area contributed by atoms with Gasteiger partial charge in [0.1, 0.15) is 10.0 Å². The summed E-state index contributed by atoms with van der Waals surface area (Å²) in [5.41, 5.74) is -2.64. The lowest BCUT2D eigenvalue weighted by Crippen LogP contribution is -2.01. The molecule has 0 amide bonds. The molecule has 0 bridgehead atoms. The Labute approximate surface area is 102 Å². The van der Waals surface area contributed by atoms with E-state index in [1.165, 1.54) is 0 Å². The van der Waals surface area contributed by atoms with E-state index < -0.39 is 42.1 Å². The van der Waals surface area contributed by atoms with Crippen molar-refractivity contribution in [2.45, 2.75) is 0 Å². The van der Waals surface area contributed by atoms with E-state index in [4.69, 9.17) is 34.8 Å². The molecule has 0 aliphatic carbocycles. The van der Waals surface area contributed by atoms with Gasteiger partial charge in [-0.2, -0.15) is 4.39 Å². The Morgan fingerprint density at radius 2 is 1.31 bits per heavy atom. The fraction of sp³-hybridized carbons (Fsp3) is 0. The lowest BCUT2D eigenvalue weighted by Gasteiger charge is -2.03. The third kappa shape index (κ3) is 1.89. The largest absolute Gasteiger partial charge is 0.384 e. The number of nitro groups is 2. The van der Waals surface area contributed by atoms with E-state index in [1.807, 2.05) is 0 Å². The fourth-order valence-corrected chi connectivity index (χ4v) is 1.60. The number of halogens is 4. The lowest BCUT2D eigenvalue weighted by molar-refractivity contribution is -0.424. The second-order valence-electron chi connectivity index (χ2n) is 2.47. The molecule has 16 heavy (non-hydrogen) atoms. The van der Waals surface area contributed by atoms with E-state index >= 15 is 0 Å². The van der Waals surface area contributed by atoms with Gasteiger partial charge in [0.05, 0.1) is 14.9 Å². The lowest BCUT2D eigenvalue weighted by atomic mass is 10.2. The summed E-state index contributed by atoms with van der Waals surface area (Å²) in [5.74, 6) is -1.59. The maximum Gasteiger partial charge on any atom is 0.384 e. The molecule has 0 aliphatic heterocycles. The number of rotatable bonds is 2. The van der Waals surface area contributed by atoms with Gasteiger partial charge in [-0.25, -0.2) is 0 Å². The maximum absolute atomic E-state index is 13.3. The summed E-state index contributed by atoms with van der Waals surface area (Å²) in [6.07, 6.45) is 0. The second-order valence-corrected chi connectivity index (χ2v) is 3.60. The van der Waals surface area contributed by atoms with Gasteiger partial charge in [0.15, 0.2) is 0 Å². The Kier molecular flexibility index (Phi) is 3.51. The van der Waals surface area contributed by atoms with Gasteiger partial charge in [0.2, 0.25) is 5.82 Å². The van der Waals surface area contributed by atoms with Crippen LogP contribution in [0.1, 0.15) is 0 Å². The summed E-state index contributed by atoms with van der Waals surface area (Å²) in [5, 5.41) is 18.7. The van der Waals surface area contributed by atoms with Crippen molar-refractivity contribution in [1.82, 2.24) is 0 Å². The molecule has 0 aromatic heterocycles. The summed E-state index contributed by atoms with van der Waals surface area (Å²) >= 11 is 16.1. The molecule has 0 saturated carbocycles. The summed E-state index contributed by atoms with van der Waals surface area (Å²) in [6, 6.07) is 0. The van der Waals surface area contributed by atoms with Gasteiger partial charge in [-0.05, 0) is 0 Å². The van der Waals surface area contributed by atoms with Crippen molar-refractivity contribution in [1.29, 1.82) is 0 Å². The number of hydrogen-bond donors (Lipinski definition) is 0. The van der Waals surface area contributed by atoms with Crippen LogP contribution >= 0.6 is 34.8 Å². The molecule has 0 aliphatic rings. The first-order valence-electron chi connectivity index (χ1n) is 3.43. The first-order chi connectivity index (χ1) is 7.29. The van der Waals surface area contributed by atoms with Crippen LogP contribution in [0.2, 0.25) is 15.1 Å². The molecule has 0 spiro atoms. The Morgan fingerprint density at radius 1 is 0.875 bits per heavy atom. The summed E-state index contributed by atoms with van der Waals surface area (Å²) < 4.78 is 13.3. The molecule has 0 saturated heterocycles. The summed E-state index contributed by atoms with van der Waals surface area (Å²) in [7, 11) is 0. The normalized spacial score (nSPS) is 10.2. The molecule has 0 heterocycles. The molecule has 6 nitrogen and oxygen atoms in total. The third-order valence-corrected chi connectivity index (χ3v) is 2.88. The molecule has 0 atom stereocenters. The zero-order valence-corrected chi connectivity index (χ0v) is 9.31. The van der Waals surface area contributed by atoms with E-state index in [0.717, 1.165) is 0 Å². The molecule has 0 unspecified atom stereocenters. The number of benzene rings is 1. The molecular weight excluding hydrogens is 289 g/mol. The molecule has 1 aromatic rings. The number of nitro benzene ring substituents is 2. The van der Waals surface area contributed by atoms with E-state index in [-0.39, 0.29) is 0 Å². The van der Waals surface area contributed by atoms with Crippen LogP contribution in [0.3, 0.4) is 0 Å². The average molecular weight is 289 g/mol. The van der Waals surface area contributed by atoms with Crippen molar-refractivity contribution in [3.63, 3.8) is 0 Å². The van der Waals surface area contributed by atoms with E-state index in [9.17, 15) is 24.6 Å². The predicted molar refractivity (Wildman–Crippen MR) is 54.7 cm³/mol. The van der Waals surface area contributed by atoms with Gasteiger partial charge in [0.25, 0.3) is 0 Å². The second kappa shape index (κ2) is 4.36. The standard InChI is InChI=1S/C6Cl3FN2O4/c7-1-2(8)4(10)6(12(15)16)5(3(1)9)11(13)14. The van der Waals surface area contributed by atoms with Gasteiger partial charge >= 0.3 is 11.4 Å². The topological polar surface area (TPSA) is 86.3 Å². The molecule has 0 N–H and O–H groups in total. The van der Waals surface area contributed by atoms with Crippen LogP contribution in [0, 0.1) is 26.0 Å². The SMILES string of the molecule is O=[N+]([O-])c1c(F)c(Cl)c(Cl)c(Cl)c1[N+](=O)[O-]. The molecular formula is C6Cl3FN2O4. The van der Waals surface area contributed by atoms with Crippen LogP contribution in [-0.2, 0) is 0 Å². The Hall–Kier alpha value is -1.18. The van der Waals surface area contributed by atoms with Gasteiger partial charge < -0.3 is 0 Å². The summed E-state index contributed by atoms with van der Waals surface area (Å²) in [6.45, 7) is 0. The Balaban J connectivity index is 3.83. The van der Waals surface area contributed by atoms with Crippen molar-refractivity contribution >= 4 is 46.2 Å². The Morgan fingerprint density at radius 3 is 1.69 bits per heavy atom.